The van der Waals surface area contributed by atoms with E-state index in [1.165, 1.54) is 0 Å². The molecule has 1 heterocycles. The number of aromatic hydroxyl groups is 1. The van der Waals surface area contributed by atoms with Gasteiger partial charge in [0.1, 0.15) is 5.75 Å². The van der Waals surface area contributed by atoms with Gasteiger partial charge in [0.15, 0.2) is 0 Å². The number of phenolic OH excluding ortho intramolecular Hbond substituents is 1. The Morgan fingerprint density at radius 2 is 1.63 bits per heavy atom. The van der Waals surface area contributed by atoms with Crippen LogP contribution in [-0.4, -0.2) is 28.5 Å². The SMILES string of the molecule is CC(O)c1cc(B2OC(C)(C)C(C)(C)O2)ccc1O. The molecule has 2 rings (SSSR count). The van der Waals surface area contributed by atoms with E-state index in [4.69, 9.17) is 9.31 Å². The lowest BCUT2D eigenvalue weighted by atomic mass is 9.78. The van der Waals surface area contributed by atoms with Crippen LogP contribution < -0.4 is 5.46 Å². The molecule has 1 unspecified atom stereocenters. The van der Waals surface area contributed by atoms with Crippen molar-refractivity contribution in [2.45, 2.75) is 51.9 Å². The maximum Gasteiger partial charge on any atom is 0.494 e. The first kappa shape index (κ1) is 14.4. The number of aliphatic hydroxyl groups excluding tert-OH is 1. The van der Waals surface area contributed by atoms with Gasteiger partial charge in [-0.2, -0.15) is 0 Å². The first-order chi connectivity index (χ1) is 8.64. The summed E-state index contributed by atoms with van der Waals surface area (Å²) in [5.41, 5.74) is 0.473. The Morgan fingerprint density at radius 1 is 1.11 bits per heavy atom. The highest BCUT2D eigenvalue weighted by molar-refractivity contribution is 6.62. The van der Waals surface area contributed by atoms with E-state index in [1.807, 2.05) is 27.7 Å². The van der Waals surface area contributed by atoms with Crippen molar-refractivity contribution in [3.63, 3.8) is 0 Å². The second-order valence-electron chi connectivity index (χ2n) is 6.08. The fourth-order valence-electron chi connectivity index (χ4n) is 2.03. The molecule has 0 bridgehead atoms. The predicted octanol–water partition coefficient (Wildman–Crippen LogP) is 1.74. The van der Waals surface area contributed by atoms with Gasteiger partial charge >= 0.3 is 7.12 Å². The molecule has 0 saturated carbocycles. The van der Waals surface area contributed by atoms with Gasteiger partial charge in [0.05, 0.1) is 17.3 Å². The normalized spacial score (nSPS) is 22.5. The number of hydrogen-bond acceptors (Lipinski definition) is 4. The van der Waals surface area contributed by atoms with E-state index in [-0.39, 0.29) is 5.75 Å². The zero-order valence-corrected chi connectivity index (χ0v) is 12.1. The molecule has 1 fully saturated rings. The van der Waals surface area contributed by atoms with Crippen molar-refractivity contribution in [2.75, 3.05) is 0 Å². The lowest BCUT2D eigenvalue weighted by Crippen LogP contribution is -2.41. The maximum absolute atomic E-state index is 9.71. The van der Waals surface area contributed by atoms with Gasteiger partial charge in [0, 0.05) is 5.56 Å². The first-order valence-electron chi connectivity index (χ1n) is 6.50. The molecule has 2 N–H and O–H groups in total. The van der Waals surface area contributed by atoms with Gasteiger partial charge in [-0.25, -0.2) is 0 Å². The van der Waals surface area contributed by atoms with Gasteiger partial charge in [-0.1, -0.05) is 12.1 Å². The summed E-state index contributed by atoms with van der Waals surface area (Å²) in [6.07, 6.45) is -0.734. The quantitative estimate of drug-likeness (QED) is 0.799. The highest BCUT2D eigenvalue weighted by atomic mass is 16.7. The minimum Gasteiger partial charge on any atom is -0.508 e. The van der Waals surface area contributed by atoms with Gasteiger partial charge in [0.2, 0.25) is 0 Å². The van der Waals surface area contributed by atoms with Crippen molar-refractivity contribution in [1.82, 2.24) is 0 Å². The molecular weight excluding hydrogens is 243 g/mol. The predicted molar refractivity (Wildman–Crippen MR) is 74.5 cm³/mol. The van der Waals surface area contributed by atoms with Crippen LogP contribution in [-0.2, 0) is 9.31 Å². The summed E-state index contributed by atoms with van der Waals surface area (Å²) in [5, 5.41) is 19.3. The molecule has 0 amide bonds. The molecule has 19 heavy (non-hydrogen) atoms. The van der Waals surface area contributed by atoms with Crippen LogP contribution in [0.5, 0.6) is 5.75 Å². The average molecular weight is 264 g/mol. The molecule has 1 atom stereocenters. The van der Waals surface area contributed by atoms with Crippen LogP contribution in [0.15, 0.2) is 18.2 Å². The second kappa shape index (κ2) is 4.51. The summed E-state index contributed by atoms with van der Waals surface area (Å²) in [6.45, 7) is 9.57. The van der Waals surface area contributed by atoms with E-state index in [0.717, 1.165) is 5.46 Å². The molecule has 4 nitrogen and oxygen atoms in total. The second-order valence-corrected chi connectivity index (χ2v) is 6.08. The Morgan fingerprint density at radius 3 is 2.11 bits per heavy atom. The smallest absolute Gasteiger partial charge is 0.494 e. The molecule has 0 aromatic heterocycles. The number of phenols is 1. The van der Waals surface area contributed by atoms with Crippen molar-refractivity contribution >= 4 is 12.6 Å². The lowest BCUT2D eigenvalue weighted by Gasteiger charge is -2.32. The fraction of sp³-hybridized carbons (Fsp3) is 0.571. The molecule has 1 aliphatic rings. The number of benzene rings is 1. The fourth-order valence-corrected chi connectivity index (χ4v) is 2.03. The molecule has 1 saturated heterocycles. The van der Waals surface area contributed by atoms with Crippen LogP contribution in [0.1, 0.15) is 46.3 Å². The van der Waals surface area contributed by atoms with Gasteiger partial charge in [-0.05, 0) is 46.1 Å². The summed E-state index contributed by atoms with van der Waals surface area (Å²) in [5.74, 6) is 0.0790. The summed E-state index contributed by atoms with van der Waals surface area (Å²) in [7, 11) is -0.483. The highest BCUT2D eigenvalue weighted by Gasteiger charge is 2.51. The van der Waals surface area contributed by atoms with Gasteiger partial charge in [0.25, 0.3) is 0 Å². The summed E-state index contributed by atoms with van der Waals surface area (Å²) >= 11 is 0. The van der Waals surface area contributed by atoms with Crippen LogP contribution in [0.3, 0.4) is 0 Å². The maximum atomic E-state index is 9.71. The molecule has 1 aromatic carbocycles. The van der Waals surface area contributed by atoms with Crippen LogP contribution in [0.2, 0.25) is 0 Å². The number of aliphatic hydroxyl groups is 1. The number of hydrogen-bond donors (Lipinski definition) is 2. The van der Waals surface area contributed by atoms with E-state index in [0.29, 0.717) is 5.56 Å². The van der Waals surface area contributed by atoms with E-state index in [9.17, 15) is 10.2 Å². The van der Waals surface area contributed by atoms with Gasteiger partial charge < -0.3 is 19.5 Å². The van der Waals surface area contributed by atoms with E-state index < -0.39 is 24.4 Å². The topological polar surface area (TPSA) is 58.9 Å². The molecule has 0 radical (unpaired) electrons. The molecule has 1 aromatic rings. The minimum absolute atomic E-state index is 0.0790. The standard InChI is InChI=1S/C14H21BO4/c1-9(16)11-8-10(6-7-12(11)17)15-18-13(2,3)14(4,5)19-15/h6-9,16-17H,1-5H3. The van der Waals surface area contributed by atoms with Gasteiger partial charge in [-0.3, -0.25) is 0 Å². The van der Waals surface area contributed by atoms with Crippen molar-refractivity contribution in [3.05, 3.63) is 23.8 Å². The van der Waals surface area contributed by atoms with Crippen LogP contribution in [0, 0.1) is 0 Å². The molecular formula is C14H21BO4. The monoisotopic (exact) mass is 264 g/mol. The Labute approximate surface area is 114 Å². The third kappa shape index (κ3) is 2.50. The van der Waals surface area contributed by atoms with Crippen molar-refractivity contribution in [1.29, 1.82) is 0 Å². The highest BCUT2D eigenvalue weighted by Crippen LogP contribution is 2.36. The Balaban J connectivity index is 2.32. The Bertz CT molecular complexity index is 466. The molecule has 0 aliphatic carbocycles. The third-order valence-corrected chi connectivity index (χ3v) is 4.03. The molecule has 1 aliphatic heterocycles. The third-order valence-electron chi connectivity index (χ3n) is 4.03. The molecule has 0 spiro atoms. The van der Waals surface area contributed by atoms with E-state index >= 15 is 0 Å². The molecule has 5 heteroatoms. The van der Waals surface area contributed by atoms with Crippen molar-refractivity contribution in [2.24, 2.45) is 0 Å². The van der Waals surface area contributed by atoms with Crippen LogP contribution in [0.4, 0.5) is 0 Å². The summed E-state index contributed by atoms with van der Waals surface area (Å²) in [4.78, 5) is 0. The Hall–Kier alpha value is -1.04. The van der Waals surface area contributed by atoms with E-state index in [2.05, 4.69) is 0 Å². The van der Waals surface area contributed by atoms with Crippen LogP contribution in [0.25, 0.3) is 0 Å². The van der Waals surface area contributed by atoms with Crippen LogP contribution >= 0.6 is 0 Å². The van der Waals surface area contributed by atoms with Crippen molar-refractivity contribution in [3.8, 4) is 5.75 Å². The summed E-state index contributed by atoms with van der Waals surface area (Å²) in [6, 6.07) is 5.04. The minimum atomic E-state index is -0.734. The molecule has 104 valence electrons. The first-order valence-corrected chi connectivity index (χ1v) is 6.50. The average Bonchev–Trinajstić information content (AvgIpc) is 2.48. The summed E-state index contributed by atoms with van der Waals surface area (Å²) < 4.78 is 11.9. The zero-order chi connectivity index (χ0) is 14.4. The van der Waals surface area contributed by atoms with Gasteiger partial charge in [-0.15, -0.1) is 0 Å². The lowest BCUT2D eigenvalue weighted by molar-refractivity contribution is 0.00578. The van der Waals surface area contributed by atoms with E-state index in [1.54, 1.807) is 25.1 Å². The number of rotatable bonds is 2. The Kier molecular flexibility index (Phi) is 3.41. The largest absolute Gasteiger partial charge is 0.508 e. The zero-order valence-electron chi connectivity index (χ0n) is 12.1. The van der Waals surface area contributed by atoms with Crippen molar-refractivity contribution < 1.29 is 19.5 Å².